The van der Waals surface area contributed by atoms with Gasteiger partial charge in [0.2, 0.25) is 0 Å². The lowest BCUT2D eigenvalue weighted by molar-refractivity contribution is 0.0857. The fraction of sp³-hybridized carbons (Fsp3) is 0.500. The molecule has 1 atom stereocenters. The molecule has 0 saturated carbocycles. The summed E-state index contributed by atoms with van der Waals surface area (Å²) < 4.78 is 5.48. The molecule has 1 fully saturated rings. The van der Waals surface area contributed by atoms with Crippen LogP contribution in [0.4, 0.5) is 0 Å². The number of carbonyl (C=O) groups excluding carboxylic acids is 1. The number of hydrogen-bond donors (Lipinski definition) is 1. The second-order valence-corrected chi connectivity index (χ2v) is 5.34. The molecule has 3 nitrogen and oxygen atoms in total. The van der Waals surface area contributed by atoms with E-state index in [9.17, 15) is 4.79 Å². The lowest BCUT2D eigenvalue weighted by atomic mass is 10.1. The Bertz CT molecular complexity index is 403. The quantitative estimate of drug-likeness (QED) is 0.888. The third-order valence-corrected chi connectivity index (χ3v) is 3.64. The lowest BCUT2D eigenvalue weighted by Gasteiger charge is -2.11. The largest absolute Gasteiger partial charge is 0.376 e. The smallest absolute Gasteiger partial charge is 0.251 e. The summed E-state index contributed by atoms with van der Waals surface area (Å²) in [7, 11) is 0. The first kappa shape index (κ1) is 13.4. The van der Waals surface area contributed by atoms with Crippen molar-refractivity contribution in [1.29, 1.82) is 0 Å². The van der Waals surface area contributed by atoms with Gasteiger partial charge in [-0.05, 0) is 36.8 Å². The fourth-order valence-electron chi connectivity index (χ4n) is 2.08. The minimum absolute atomic E-state index is 0.00606. The van der Waals surface area contributed by atoms with E-state index < -0.39 is 0 Å². The molecule has 1 aromatic carbocycles. The van der Waals surface area contributed by atoms with Gasteiger partial charge < -0.3 is 10.1 Å². The van der Waals surface area contributed by atoms with E-state index in [2.05, 4.69) is 11.6 Å². The highest BCUT2D eigenvalue weighted by atomic mass is 32.2. The van der Waals surface area contributed by atoms with E-state index in [1.165, 1.54) is 5.56 Å². The molecule has 1 heterocycles. The molecular formula is C14H19NO2S. The zero-order valence-electron chi connectivity index (χ0n) is 10.6. The average molecular weight is 265 g/mol. The molecule has 0 radical (unpaired) electrons. The highest BCUT2D eigenvalue weighted by molar-refractivity contribution is 7.97. The Kier molecular flexibility index (Phi) is 5.08. The number of nitrogens with one attached hydrogen (secondary N) is 1. The van der Waals surface area contributed by atoms with Gasteiger partial charge in [0.1, 0.15) is 0 Å². The topological polar surface area (TPSA) is 38.3 Å². The second kappa shape index (κ2) is 6.81. The number of thioether (sulfide) groups is 1. The van der Waals surface area contributed by atoms with E-state index in [0.29, 0.717) is 6.54 Å². The lowest BCUT2D eigenvalue weighted by Crippen LogP contribution is -2.31. The molecule has 1 amide bonds. The Balaban J connectivity index is 1.89. The van der Waals surface area contributed by atoms with Crippen molar-refractivity contribution < 1.29 is 9.53 Å². The summed E-state index contributed by atoms with van der Waals surface area (Å²) in [5, 5.41) is 2.94. The summed E-state index contributed by atoms with van der Waals surface area (Å²) in [6, 6.07) is 7.80. The first-order chi connectivity index (χ1) is 8.79. The fourth-order valence-corrected chi connectivity index (χ4v) is 2.60. The van der Waals surface area contributed by atoms with Gasteiger partial charge in [-0.2, -0.15) is 11.8 Å². The molecular weight excluding hydrogens is 246 g/mol. The van der Waals surface area contributed by atoms with E-state index in [4.69, 9.17) is 4.74 Å². The van der Waals surface area contributed by atoms with Gasteiger partial charge in [0.15, 0.2) is 0 Å². The average Bonchev–Trinajstić information content (AvgIpc) is 2.90. The molecule has 0 aliphatic carbocycles. The van der Waals surface area contributed by atoms with Gasteiger partial charge >= 0.3 is 0 Å². The van der Waals surface area contributed by atoms with E-state index in [0.717, 1.165) is 30.8 Å². The standard InChI is InChI=1S/C14H19NO2S/c1-18-10-11-4-2-5-12(8-11)14(16)15-9-13-6-3-7-17-13/h2,4-5,8,13H,3,6-7,9-10H2,1H3,(H,15,16)/t13-/m0/s1. The van der Waals surface area contributed by atoms with Gasteiger partial charge in [-0.1, -0.05) is 12.1 Å². The van der Waals surface area contributed by atoms with Gasteiger partial charge in [0, 0.05) is 24.5 Å². The molecule has 2 rings (SSSR count). The van der Waals surface area contributed by atoms with Crippen LogP contribution in [-0.2, 0) is 10.5 Å². The summed E-state index contributed by atoms with van der Waals surface area (Å²) in [6.45, 7) is 1.44. The molecule has 0 bridgehead atoms. The van der Waals surface area contributed by atoms with Crippen LogP contribution in [-0.4, -0.2) is 31.4 Å². The van der Waals surface area contributed by atoms with Crippen LogP contribution in [0.3, 0.4) is 0 Å². The first-order valence-corrected chi connectivity index (χ1v) is 7.66. The molecule has 0 spiro atoms. The van der Waals surface area contributed by atoms with Crippen molar-refractivity contribution in [1.82, 2.24) is 5.32 Å². The van der Waals surface area contributed by atoms with Gasteiger partial charge in [-0.3, -0.25) is 4.79 Å². The Hall–Kier alpha value is -1.00. The molecule has 0 unspecified atom stereocenters. The highest BCUT2D eigenvalue weighted by Gasteiger charge is 2.16. The molecule has 1 N–H and O–H groups in total. The van der Waals surface area contributed by atoms with Gasteiger partial charge in [-0.15, -0.1) is 0 Å². The summed E-state index contributed by atoms with van der Waals surface area (Å²) in [5.74, 6) is 0.931. The van der Waals surface area contributed by atoms with Crippen LogP contribution in [0.1, 0.15) is 28.8 Å². The number of benzene rings is 1. The van der Waals surface area contributed by atoms with Crippen LogP contribution >= 0.6 is 11.8 Å². The van der Waals surface area contributed by atoms with Crippen LogP contribution in [0.25, 0.3) is 0 Å². The minimum atomic E-state index is -0.00606. The minimum Gasteiger partial charge on any atom is -0.376 e. The first-order valence-electron chi connectivity index (χ1n) is 6.27. The van der Waals surface area contributed by atoms with Crippen molar-refractivity contribution >= 4 is 17.7 Å². The zero-order chi connectivity index (χ0) is 12.8. The van der Waals surface area contributed by atoms with Crippen LogP contribution in [0.15, 0.2) is 24.3 Å². The third kappa shape index (κ3) is 3.75. The van der Waals surface area contributed by atoms with Crippen molar-refractivity contribution in [3.8, 4) is 0 Å². The number of rotatable bonds is 5. The van der Waals surface area contributed by atoms with Gasteiger partial charge in [0.05, 0.1) is 6.10 Å². The van der Waals surface area contributed by atoms with Crippen LogP contribution in [0, 0.1) is 0 Å². The van der Waals surface area contributed by atoms with Crippen molar-refractivity contribution in [2.24, 2.45) is 0 Å². The number of carbonyl (C=O) groups is 1. The van der Waals surface area contributed by atoms with E-state index >= 15 is 0 Å². The van der Waals surface area contributed by atoms with Crippen molar-refractivity contribution in [3.05, 3.63) is 35.4 Å². The summed E-state index contributed by atoms with van der Waals surface area (Å²) in [4.78, 5) is 12.0. The van der Waals surface area contributed by atoms with Gasteiger partial charge in [0.25, 0.3) is 5.91 Å². The number of hydrogen-bond acceptors (Lipinski definition) is 3. The van der Waals surface area contributed by atoms with Crippen LogP contribution < -0.4 is 5.32 Å². The highest BCUT2D eigenvalue weighted by Crippen LogP contribution is 2.13. The SMILES string of the molecule is CSCc1cccc(C(=O)NC[C@@H]2CCCO2)c1. The number of ether oxygens (including phenoxy) is 1. The predicted molar refractivity (Wildman–Crippen MR) is 75.0 cm³/mol. The van der Waals surface area contributed by atoms with Crippen molar-refractivity contribution in [3.63, 3.8) is 0 Å². The van der Waals surface area contributed by atoms with Crippen LogP contribution in [0.2, 0.25) is 0 Å². The van der Waals surface area contributed by atoms with Crippen LogP contribution in [0.5, 0.6) is 0 Å². The maximum Gasteiger partial charge on any atom is 0.251 e. The molecule has 1 aliphatic heterocycles. The molecule has 98 valence electrons. The normalized spacial score (nSPS) is 18.8. The summed E-state index contributed by atoms with van der Waals surface area (Å²) >= 11 is 1.76. The molecule has 1 aliphatic rings. The maximum atomic E-state index is 12.0. The molecule has 1 aromatic rings. The molecule has 4 heteroatoms. The Labute approximate surface area is 112 Å². The van der Waals surface area contributed by atoms with Gasteiger partial charge in [-0.25, -0.2) is 0 Å². The maximum absolute atomic E-state index is 12.0. The predicted octanol–water partition coefficient (Wildman–Crippen LogP) is 2.46. The molecule has 0 aromatic heterocycles. The zero-order valence-corrected chi connectivity index (χ0v) is 11.5. The Morgan fingerprint density at radius 2 is 2.44 bits per heavy atom. The summed E-state index contributed by atoms with van der Waals surface area (Å²) in [6.07, 6.45) is 4.41. The third-order valence-electron chi connectivity index (χ3n) is 3.01. The van der Waals surface area contributed by atoms with E-state index in [1.807, 2.05) is 24.3 Å². The van der Waals surface area contributed by atoms with E-state index in [-0.39, 0.29) is 12.0 Å². The monoisotopic (exact) mass is 265 g/mol. The molecule has 1 saturated heterocycles. The summed E-state index contributed by atoms with van der Waals surface area (Å²) in [5.41, 5.74) is 1.92. The Morgan fingerprint density at radius 1 is 1.56 bits per heavy atom. The Morgan fingerprint density at radius 3 is 3.17 bits per heavy atom. The number of amides is 1. The van der Waals surface area contributed by atoms with Crippen molar-refractivity contribution in [2.75, 3.05) is 19.4 Å². The van der Waals surface area contributed by atoms with Crippen molar-refractivity contribution in [2.45, 2.75) is 24.7 Å². The molecule has 18 heavy (non-hydrogen) atoms. The second-order valence-electron chi connectivity index (χ2n) is 4.48. The van der Waals surface area contributed by atoms with E-state index in [1.54, 1.807) is 11.8 Å².